The zero-order valence-electron chi connectivity index (χ0n) is 12.4. The summed E-state index contributed by atoms with van der Waals surface area (Å²) in [6.07, 6.45) is 4.17. The van der Waals surface area contributed by atoms with Crippen molar-refractivity contribution in [2.24, 2.45) is 0 Å². The molecule has 0 aliphatic heterocycles. The molecule has 1 saturated carbocycles. The fourth-order valence-electron chi connectivity index (χ4n) is 2.38. The molecular weight excluding hydrogens is 292 g/mol. The third kappa shape index (κ3) is 3.08. The number of H-pyrrole nitrogens is 1. The summed E-state index contributed by atoms with van der Waals surface area (Å²) in [6, 6.07) is 13.0. The van der Waals surface area contributed by atoms with E-state index in [1.807, 2.05) is 36.4 Å². The molecule has 1 aliphatic rings. The molecule has 0 saturated heterocycles. The molecule has 0 unspecified atom stereocenters. The second kappa shape index (κ2) is 5.60. The smallest absolute Gasteiger partial charge is 0.291 e. The first-order valence-corrected chi connectivity index (χ1v) is 7.52. The van der Waals surface area contributed by atoms with E-state index in [0.29, 0.717) is 17.6 Å². The minimum absolute atomic E-state index is 0.364. The molecule has 0 bridgehead atoms. The molecule has 7 nitrogen and oxygen atoms in total. The maximum absolute atomic E-state index is 12.0. The molecule has 2 amide bonds. The van der Waals surface area contributed by atoms with Gasteiger partial charge in [0.05, 0.1) is 5.69 Å². The minimum Gasteiger partial charge on any atom is -0.291 e. The van der Waals surface area contributed by atoms with E-state index >= 15 is 0 Å². The van der Waals surface area contributed by atoms with E-state index < -0.39 is 0 Å². The number of amides is 2. The Balaban J connectivity index is 1.39. The largest absolute Gasteiger partial charge is 0.326 e. The van der Waals surface area contributed by atoms with Crippen LogP contribution in [0.15, 0.2) is 48.7 Å². The molecular formula is C16H16N6O. The highest BCUT2D eigenvalue weighted by Crippen LogP contribution is 2.39. The fourth-order valence-corrected chi connectivity index (χ4v) is 2.38. The van der Waals surface area contributed by atoms with Gasteiger partial charge in [0.1, 0.15) is 0 Å². The normalized spacial score (nSPS) is 13.7. The molecule has 3 aromatic rings. The zero-order chi connectivity index (χ0) is 15.6. The Kier molecular flexibility index (Phi) is 3.30. The third-order valence-corrected chi connectivity index (χ3v) is 3.71. The molecule has 2 heterocycles. The number of hydrogen-bond acceptors (Lipinski definition) is 3. The Morgan fingerprint density at radius 3 is 2.70 bits per heavy atom. The van der Waals surface area contributed by atoms with Crippen molar-refractivity contribution in [2.75, 3.05) is 10.6 Å². The number of para-hydroxylation sites is 1. The standard InChI is InChI=1S/C16H16N6O/c23-16(18-15-10-13(19-20-15)11-6-7-11)17-14-8-9-22(21-14)12-4-2-1-3-5-12/h1-5,8-11H,6-7H2,(H3,17,18,19,20,21,23). The summed E-state index contributed by atoms with van der Waals surface area (Å²) in [5, 5.41) is 16.8. The van der Waals surface area contributed by atoms with Crippen LogP contribution in [0.1, 0.15) is 24.5 Å². The number of urea groups is 1. The van der Waals surface area contributed by atoms with Gasteiger partial charge in [-0.2, -0.15) is 5.10 Å². The van der Waals surface area contributed by atoms with Crippen molar-refractivity contribution in [1.82, 2.24) is 20.0 Å². The van der Waals surface area contributed by atoms with Crippen LogP contribution in [0.2, 0.25) is 0 Å². The lowest BCUT2D eigenvalue weighted by atomic mass is 10.3. The van der Waals surface area contributed by atoms with Crippen LogP contribution in [-0.2, 0) is 0 Å². The number of carbonyl (C=O) groups is 1. The molecule has 23 heavy (non-hydrogen) atoms. The Morgan fingerprint density at radius 2 is 1.91 bits per heavy atom. The number of aromatic amines is 1. The minimum atomic E-state index is -0.364. The van der Waals surface area contributed by atoms with Crippen molar-refractivity contribution in [3.63, 3.8) is 0 Å². The SMILES string of the molecule is O=C(Nc1cc(C2CC2)[nH]n1)Nc1ccn(-c2ccccc2)n1. The van der Waals surface area contributed by atoms with Gasteiger partial charge in [-0.3, -0.25) is 15.7 Å². The summed E-state index contributed by atoms with van der Waals surface area (Å²) in [7, 11) is 0. The Bertz CT molecular complexity index is 818. The Labute approximate surface area is 132 Å². The van der Waals surface area contributed by atoms with E-state index in [1.54, 1.807) is 16.9 Å². The molecule has 4 rings (SSSR count). The lowest BCUT2D eigenvalue weighted by Crippen LogP contribution is -2.20. The van der Waals surface area contributed by atoms with Crippen molar-refractivity contribution in [3.8, 4) is 5.69 Å². The highest BCUT2D eigenvalue weighted by Gasteiger charge is 2.25. The first-order valence-electron chi connectivity index (χ1n) is 7.52. The fraction of sp³-hybridized carbons (Fsp3) is 0.188. The average Bonchev–Trinajstić information content (AvgIpc) is 3.14. The van der Waals surface area contributed by atoms with E-state index in [-0.39, 0.29) is 6.03 Å². The number of benzene rings is 1. The van der Waals surface area contributed by atoms with Crippen molar-refractivity contribution in [2.45, 2.75) is 18.8 Å². The number of hydrogen-bond donors (Lipinski definition) is 3. The molecule has 2 aromatic heterocycles. The van der Waals surface area contributed by atoms with Crippen LogP contribution in [-0.4, -0.2) is 26.0 Å². The number of nitrogens with zero attached hydrogens (tertiary/aromatic N) is 3. The van der Waals surface area contributed by atoms with Gasteiger partial charge in [0.15, 0.2) is 11.6 Å². The van der Waals surface area contributed by atoms with Gasteiger partial charge in [0, 0.05) is 29.9 Å². The highest BCUT2D eigenvalue weighted by atomic mass is 16.2. The zero-order valence-corrected chi connectivity index (χ0v) is 12.4. The summed E-state index contributed by atoms with van der Waals surface area (Å²) in [5.41, 5.74) is 2.01. The number of rotatable bonds is 4. The highest BCUT2D eigenvalue weighted by molar-refractivity contribution is 5.98. The van der Waals surface area contributed by atoms with Gasteiger partial charge in [0.2, 0.25) is 0 Å². The number of nitrogens with one attached hydrogen (secondary N) is 3. The lowest BCUT2D eigenvalue weighted by Gasteiger charge is -2.02. The van der Waals surface area contributed by atoms with Crippen molar-refractivity contribution in [3.05, 3.63) is 54.4 Å². The van der Waals surface area contributed by atoms with Gasteiger partial charge in [-0.15, -0.1) is 5.10 Å². The number of anilines is 2. The maximum Gasteiger partial charge on any atom is 0.326 e. The Morgan fingerprint density at radius 1 is 1.13 bits per heavy atom. The van der Waals surface area contributed by atoms with Gasteiger partial charge < -0.3 is 0 Å². The van der Waals surface area contributed by atoms with Gasteiger partial charge >= 0.3 is 6.03 Å². The summed E-state index contributed by atoms with van der Waals surface area (Å²) in [5.74, 6) is 1.57. The van der Waals surface area contributed by atoms with Crippen molar-refractivity contribution >= 4 is 17.7 Å². The molecule has 1 fully saturated rings. The quantitative estimate of drug-likeness (QED) is 0.692. The summed E-state index contributed by atoms with van der Waals surface area (Å²) in [6.45, 7) is 0. The van der Waals surface area contributed by atoms with Crippen LogP contribution >= 0.6 is 0 Å². The van der Waals surface area contributed by atoms with Crippen LogP contribution in [0.5, 0.6) is 0 Å². The molecule has 1 aliphatic carbocycles. The van der Waals surface area contributed by atoms with Gasteiger partial charge in [0.25, 0.3) is 0 Å². The van der Waals surface area contributed by atoms with E-state index in [9.17, 15) is 4.79 Å². The van der Waals surface area contributed by atoms with Crippen LogP contribution in [0.25, 0.3) is 5.69 Å². The van der Waals surface area contributed by atoms with Crippen molar-refractivity contribution < 1.29 is 4.79 Å². The average molecular weight is 308 g/mol. The first-order chi connectivity index (χ1) is 11.3. The van der Waals surface area contributed by atoms with Gasteiger partial charge in [-0.05, 0) is 25.0 Å². The molecule has 1 aromatic carbocycles. The van der Waals surface area contributed by atoms with E-state index in [0.717, 1.165) is 11.4 Å². The second-order valence-corrected chi connectivity index (χ2v) is 5.54. The van der Waals surface area contributed by atoms with Gasteiger partial charge in [-0.25, -0.2) is 9.48 Å². The maximum atomic E-state index is 12.0. The van der Waals surface area contributed by atoms with E-state index in [1.165, 1.54) is 12.8 Å². The first kappa shape index (κ1) is 13.6. The molecule has 0 atom stereocenters. The monoisotopic (exact) mass is 308 g/mol. The second-order valence-electron chi connectivity index (χ2n) is 5.54. The van der Waals surface area contributed by atoms with E-state index in [4.69, 9.17) is 0 Å². The van der Waals surface area contributed by atoms with Gasteiger partial charge in [-0.1, -0.05) is 18.2 Å². The summed E-state index contributed by atoms with van der Waals surface area (Å²) >= 11 is 0. The summed E-state index contributed by atoms with van der Waals surface area (Å²) in [4.78, 5) is 12.0. The molecule has 3 N–H and O–H groups in total. The number of carbonyl (C=O) groups excluding carboxylic acids is 1. The number of aromatic nitrogens is 4. The van der Waals surface area contributed by atoms with Crippen LogP contribution in [0.3, 0.4) is 0 Å². The predicted molar refractivity (Wildman–Crippen MR) is 86.8 cm³/mol. The van der Waals surface area contributed by atoms with Crippen molar-refractivity contribution in [1.29, 1.82) is 0 Å². The molecule has 0 radical (unpaired) electrons. The van der Waals surface area contributed by atoms with E-state index in [2.05, 4.69) is 25.9 Å². The predicted octanol–water partition coefficient (Wildman–Crippen LogP) is 3.12. The van der Waals surface area contributed by atoms with Crippen LogP contribution in [0, 0.1) is 0 Å². The molecule has 116 valence electrons. The third-order valence-electron chi connectivity index (χ3n) is 3.71. The molecule has 0 spiro atoms. The van der Waals surface area contributed by atoms with Crippen LogP contribution in [0.4, 0.5) is 16.4 Å². The molecule has 7 heteroatoms. The summed E-state index contributed by atoms with van der Waals surface area (Å²) < 4.78 is 1.70. The lowest BCUT2D eigenvalue weighted by molar-refractivity contribution is 0.262. The topological polar surface area (TPSA) is 87.6 Å². The van der Waals surface area contributed by atoms with Crippen LogP contribution < -0.4 is 10.6 Å². The Hall–Kier alpha value is -3.09.